The number of fused-ring (bicyclic) bond motifs is 3. The van der Waals surface area contributed by atoms with Crippen LogP contribution in [0.25, 0.3) is 10.8 Å². The standard InChI is InChI=1S/C33H42N8O2/c1-5-23-8-6-9-24-10-7-11-27(30(23)24)40-15-12-25-26(18-40)34-32(43-22-33(13-14-33)21-38(2)3)35-31(25)39(4)19-28-36-37-29-20-42-17-16-41(28)29/h6-11H,5,12-22H2,1-4H3. The normalized spacial score (nSPS) is 17.2. The molecule has 226 valence electrons. The van der Waals surface area contributed by atoms with Gasteiger partial charge in [-0.1, -0.05) is 37.3 Å². The number of benzene rings is 2. The molecule has 0 atom stereocenters. The Morgan fingerprint density at radius 3 is 2.65 bits per heavy atom. The van der Waals surface area contributed by atoms with Crippen molar-refractivity contribution in [2.75, 3.05) is 57.2 Å². The second-order valence-corrected chi connectivity index (χ2v) is 12.7. The van der Waals surface area contributed by atoms with Gasteiger partial charge in [0.15, 0.2) is 11.6 Å². The van der Waals surface area contributed by atoms with Gasteiger partial charge in [-0.25, -0.2) is 0 Å². The Bertz CT molecular complexity index is 1620. The molecular formula is C33H42N8O2. The van der Waals surface area contributed by atoms with Gasteiger partial charge in [-0.15, -0.1) is 10.2 Å². The van der Waals surface area contributed by atoms with E-state index in [-0.39, 0.29) is 5.41 Å². The summed E-state index contributed by atoms with van der Waals surface area (Å²) < 4.78 is 14.2. The van der Waals surface area contributed by atoms with E-state index in [4.69, 9.17) is 19.4 Å². The monoisotopic (exact) mass is 582 g/mol. The van der Waals surface area contributed by atoms with Gasteiger partial charge in [-0.05, 0) is 56.8 Å². The Labute approximate surface area is 253 Å². The number of aromatic nitrogens is 5. The minimum atomic E-state index is 0.197. The van der Waals surface area contributed by atoms with Crippen LogP contribution in [0.3, 0.4) is 0 Å². The number of ether oxygens (including phenoxy) is 2. The number of nitrogens with zero attached hydrogens (tertiary/aromatic N) is 8. The summed E-state index contributed by atoms with van der Waals surface area (Å²) in [5, 5.41) is 11.5. The highest BCUT2D eigenvalue weighted by atomic mass is 16.5. The zero-order valence-electron chi connectivity index (χ0n) is 25.8. The SMILES string of the molecule is CCc1cccc2cccc(N3CCc4c(nc(OCC5(CN(C)C)CC5)nc4N(C)Cc4nnc5n4CCOC5)C3)c12. The zero-order valence-corrected chi connectivity index (χ0v) is 25.8. The number of hydrogen-bond acceptors (Lipinski definition) is 9. The Hall–Kier alpha value is -3.76. The van der Waals surface area contributed by atoms with Crippen molar-refractivity contribution in [2.24, 2.45) is 5.41 Å². The van der Waals surface area contributed by atoms with Crippen LogP contribution in [-0.4, -0.2) is 77.1 Å². The van der Waals surface area contributed by atoms with Gasteiger partial charge >= 0.3 is 6.01 Å². The Morgan fingerprint density at radius 1 is 1.02 bits per heavy atom. The minimum absolute atomic E-state index is 0.197. The van der Waals surface area contributed by atoms with E-state index >= 15 is 0 Å². The van der Waals surface area contributed by atoms with E-state index in [0.29, 0.717) is 38.9 Å². The van der Waals surface area contributed by atoms with Crippen molar-refractivity contribution in [3.63, 3.8) is 0 Å². The lowest BCUT2D eigenvalue weighted by molar-refractivity contribution is 0.0806. The second kappa shape index (κ2) is 11.4. The fourth-order valence-corrected chi connectivity index (χ4v) is 6.80. The maximum atomic E-state index is 6.42. The predicted molar refractivity (Wildman–Crippen MR) is 168 cm³/mol. The summed E-state index contributed by atoms with van der Waals surface area (Å²) in [5.74, 6) is 2.74. The van der Waals surface area contributed by atoms with E-state index in [1.54, 1.807) is 0 Å². The molecule has 0 saturated heterocycles. The molecule has 2 aromatic carbocycles. The van der Waals surface area contributed by atoms with E-state index in [2.05, 4.69) is 93.9 Å². The lowest BCUT2D eigenvalue weighted by Gasteiger charge is -2.33. The Morgan fingerprint density at radius 2 is 1.86 bits per heavy atom. The van der Waals surface area contributed by atoms with E-state index in [9.17, 15) is 0 Å². The van der Waals surface area contributed by atoms with Crippen LogP contribution in [0.2, 0.25) is 0 Å². The molecule has 0 bridgehead atoms. The fraction of sp³-hybridized carbons (Fsp3) is 0.515. The molecule has 1 fully saturated rings. The molecule has 4 aromatic rings. The fourth-order valence-electron chi connectivity index (χ4n) is 6.80. The maximum Gasteiger partial charge on any atom is 0.318 e. The van der Waals surface area contributed by atoms with Gasteiger partial charge in [0.1, 0.15) is 12.4 Å². The molecule has 10 nitrogen and oxygen atoms in total. The van der Waals surface area contributed by atoms with Crippen LogP contribution in [0.1, 0.15) is 48.2 Å². The maximum absolute atomic E-state index is 6.42. The van der Waals surface area contributed by atoms with Crippen molar-refractivity contribution in [3.05, 3.63) is 64.9 Å². The van der Waals surface area contributed by atoms with Crippen molar-refractivity contribution in [2.45, 2.75) is 58.8 Å². The smallest absolute Gasteiger partial charge is 0.318 e. The quantitative estimate of drug-likeness (QED) is 0.273. The summed E-state index contributed by atoms with van der Waals surface area (Å²) in [6.07, 6.45) is 4.22. The van der Waals surface area contributed by atoms with Crippen molar-refractivity contribution < 1.29 is 9.47 Å². The molecule has 10 heteroatoms. The lowest BCUT2D eigenvalue weighted by Crippen LogP contribution is -2.34. The predicted octanol–water partition coefficient (Wildman–Crippen LogP) is 4.23. The number of rotatable bonds is 10. The van der Waals surface area contributed by atoms with Crippen molar-refractivity contribution >= 4 is 22.3 Å². The first-order chi connectivity index (χ1) is 20.9. The highest BCUT2D eigenvalue weighted by Gasteiger charge is 2.44. The Balaban J connectivity index is 1.22. The number of hydrogen-bond donors (Lipinski definition) is 0. The minimum Gasteiger partial charge on any atom is -0.463 e. The van der Waals surface area contributed by atoms with Gasteiger partial charge in [0.2, 0.25) is 0 Å². The van der Waals surface area contributed by atoms with Crippen LogP contribution in [0.15, 0.2) is 36.4 Å². The first-order valence-electron chi connectivity index (χ1n) is 15.6. The molecule has 3 aliphatic rings. The van der Waals surface area contributed by atoms with E-state index in [0.717, 1.165) is 55.6 Å². The van der Waals surface area contributed by atoms with Crippen LogP contribution in [0, 0.1) is 5.41 Å². The summed E-state index contributed by atoms with van der Waals surface area (Å²) in [7, 11) is 6.35. The van der Waals surface area contributed by atoms with Crippen LogP contribution < -0.4 is 14.5 Å². The van der Waals surface area contributed by atoms with Gasteiger partial charge < -0.3 is 28.7 Å². The highest BCUT2D eigenvalue weighted by molar-refractivity contribution is 5.97. The third kappa shape index (κ3) is 5.54. The molecule has 43 heavy (non-hydrogen) atoms. The van der Waals surface area contributed by atoms with E-state index in [1.807, 2.05) is 0 Å². The van der Waals surface area contributed by atoms with Gasteiger partial charge in [-0.3, -0.25) is 0 Å². The lowest BCUT2D eigenvalue weighted by atomic mass is 9.98. The summed E-state index contributed by atoms with van der Waals surface area (Å²) in [6, 6.07) is 13.7. The molecule has 1 aliphatic carbocycles. The highest BCUT2D eigenvalue weighted by Crippen LogP contribution is 2.46. The Kier molecular flexibility index (Phi) is 7.43. The van der Waals surface area contributed by atoms with Crippen molar-refractivity contribution in [3.8, 4) is 6.01 Å². The van der Waals surface area contributed by atoms with Crippen LogP contribution in [0.5, 0.6) is 6.01 Å². The van der Waals surface area contributed by atoms with E-state index < -0.39 is 0 Å². The molecule has 2 aliphatic heterocycles. The van der Waals surface area contributed by atoms with Crippen molar-refractivity contribution in [1.82, 2.24) is 29.6 Å². The molecule has 7 rings (SSSR count). The average molecular weight is 583 g/mol. The molecule has 1 saturated carbocycles. The number of aryl methyl sites for hydroxylation is 1. The molecule has 0 amide bonds. The van der Waals surface area contributed by atoms with Gasteiger partial charge in [0.25, 0.3) is 0 Å². The summed E-state index contributed by atoms with van der Waals surface area (Å²) in [6.45, 7) is 8.07. The average Bonchev–Trinajstić information content (AvgIpc) is 3.67. The topological polar surface area (TPSA) is 84.7 Å². The molecule has 0 unspecified atom stereocenters. The largest absolute Gasteiger partial charge is 0.463 e. The molecule has 4 heterocycles. The molecule has 0 N–H and O–H groups in total. The summed E-state index contributed by atoms with van der Waals surface area (Å²) in [4.78, 5) is 17.0. The molecule has 0 spiro atoms. The third-order valence-corrected chi connectivity index (χ3v) is 9.16. The van der Waals surface area contributed by atoms with Gasteiger partial charge in [0, 0.05) is 48.7 Å². The van der Waals surface area contributed by atoms with Crippen LogP contribution in [0.4, 0.5) is 11.5 Å². The molecule has 0 radical (unpaired) electrons. The first-order valence-corrected chi connectivity index (χ1v) is 15.6. The molecular weight excluding hydrogens is 540 g/mol. The van der Waals surface area contributed by atoms with Crippen LogP contribution in [-0.2, 0) is 43.8 Å². The van der Waals surface area contributed by atoms with E-state index in [1.165, 1.54) is 40.4 Å². The van der Waals surface area contributed by atoms with Crippen LogP contribution >= 0.6 is 0 Å². The van der Waals surface area contributed by atoms with Gasteiger partial charge in [0.05, 0.1) is 32.0 Å². The third-order valence-electron chi connectivity index (χ3n) is 9.16. The van der Waals surface area contributed by atoms with Gasteiger partial charge in [-0.2, -0.15) is 9.97 Å². The van der Waals surface area contributed by atoms with Crippen molar-refractivity contribution in [1.29, 1.82) is 0 Å². The second-order valence-electron chi connectivity index (χ2n) is 12.7. The molecule has 2 aromatic heterocycles. The number of anilines is 2. The first kappa shape index (κ1) is 28.0. The summed E-state index contributed by atoms with van der Waals surface area (Å²) in [5.41, 5.74) is 5.08. The zero-order chi connectivity index (χ0) is 29.6. The summed E-state index contributed by atoms with van der Waals surface area (Å²) >= 11 is 0.